The van der Waals surface area contributed by atoms with E-state index in [9.17, 15) is 13.2 Å². The Hall–Kier alpha value is -1.40. The number of benzene rings is 1. The molecule has 0 spiro atoms. The van der Waals surface area contributed by atoms with Crippen molar-refractivity contribution in [2.24, 2.45) is 0 Å². The fraction of sp³-hybridized carbons (Fsp3) is 0.533. The van der Waals surface area contributed by atoms with Crippen LogP contribution in [0, 0.1) is 0 Å². The van der Waals surface area contributed by atoms with Crippen molar-refractivity contribution in [3.63, 3.8) is 0 Å². The zero-order chi connectivity index (χ0) is 15.3. The number of carbonyl (C=O) groups excluding carboxylic acids is 1. The van der Waals surface area contributed by atoms with Gasteiger partial charge in [-0.15, -0.1) is 0 Å². The Bertz CT molecular complexity index is 572. The van der Waals surface area contributed by atoms with Gasteiger partial charge in [-0.1, -0.05) is 30.3 Å². The van der Waals surface area contributed by atoms with Crippen LogP contribution in [0.4, 0.5) is 0 Å². The summed E-state index contributed by atoms with van der Waals surface area (Å²) in [5.41, 5.74) is 1.18. The van der Waals surface area contributed by atoms with E-state index in [1.165, 1.54) is 5.56 Å². The lowest BCUT2D eigenvalue weighted by Gasteiger charge is -2.23. The Morgan fingerprint density at radius 2 is 2.05 bits per heavy atom. The first-order valence-corrected chi connectivity index (χ1v) is 9.01. The second-order valence-corrected chi connectivity index (χ2v) is 7.70. The average Bonchev–Trinajstić information content (AvgIpc) is 2.84. The summed E-state index contributed by atoms with van der Waals surface area (Å²) in [6, 6.07) is 9.84. The summed E-state index contributed by atoms with van der Waals surface area (Å²) in [6.45, 7) is 1.33. The third kappa shape index (κ3) is 4.82. The maximum atomic E-state index is 12.0. The van der Waals surface area contributed by atoms with E-state index in [0.717, 1.165) is 6.54 Å². The highest BCUT2D eigenvalue weighted by molar-refractivity contribution is 7.91. The number of hydrogen-bond donors (Lipinski definition) is 1. The van der Waals surface area contributed by atoms with Crippen molar-refractivity contribution in [3.05, 3.63) is 35.9 Å². The van der Waals surface area contributed by atoms with Crippen molar-refractivity contribution in [2.45, 2.75) is 25.4 Å². The Morgan fingerprint density at radius 3 is 2.67 bits per heavy atom. The van der Waals surface area contributed by atoms with Crippen LogP contribution in [0.5, 0.6) is 0 Å². The molecule has 0 radical (unpaired) electrons. The minimum absolute atomic E-state index is 0.00217. The van der Waals surface area contributed by atoms with Gasteiger partial charge in [-0.2, -0.15) is 0 Å². The molecule has 0 aliphatic carbocycles. The van der Waals surface area contributed by atoms with Crippen LogP contribution in [0.25, 0.3) is 0 Å². The second-order valence-electron chi connectivity index (χ2n) is 5.47. The smallest absolute Gasteiger partial charge is 0.223 e. The molecule has 1 heterocycles. The molecule has 1 aliphatic heterocycles. The third-order valence-corrected chi connectivity index (χ3v) is 5.59. The highest BCUT2D eigenvalue weighted by Crippen LogP contribution is 2.16. The Morgan fingerprint density at radius 1 is 1.33 bits per heavy atom. The van der Waals surface area contributed by atoms with Gasteiger partial charge in [-0.25, -0.2) is 8.42 Å². The number of sulfone groups is 1. The number of rotatable bonds is 6. The van der Waals surface area contributed by atoms with Gasteiger partial charge in [-0.3, -0.25) is 4.79 Å². The summed E-state index contributed by atoms with van der Waals surface area (Å²) in [7, 11) is -1.25. The van der Waals surface area contributed by atoms with Gasteiger partial charge in [0.15, 0.2) is 9.84 Å². The lowest BCUT2D eigenvalue weighted by atomic mass is 10.2. The first kappa shape index (κ1) is 16.0. The van der Waals surface area contributed by atoms with E-state index in [4.69, 9.17) is 0 Å². The summed E-state index contributed by atoms with van der Waals surface area (Å²) >= 11 is 0. The molecule has 1 aromatic rings. The van der Waals surface area contributed by atoms with Crippen molar-refractivity contribution in [1.29, 1.82) is 0 Å². The van der Waals surface area contributed by atoms with Crippen LogP contribution in [0.2, 0.25) is 0 Å². The monoisotopic (exact) mass is 310 g/mol. The molecular weight excluding hydrogens is 288 g/mol. The molecule has 6 heteroatoms. The minimum atomic E-state index is -2.94. The predicted octanol–water partition coefficient (Wildman–Crippen LogP) is 0.812. The van der Waals surface area contributed by atoms with E-state index in [1.54, 1.807) is 11.9 Å². The molecule has 1 atom stereocenters. The van der Waals surface area contributed by atoms with Gasteiger partial charge >= 0.3 is 0 Å². The molecule has 0 saturated carbocycles. The second kappa shape index (κ2) is 7.04. The predicted molar refractivity (Wildman–Crippen MR) is 82.6 cm³/mol. The highest BCUT2D eigenvalue weighted by Gasteiger charge is 2.32. The van der Waals surface area contributed by atoms with E-state index in [-0.39, 0.29) is 23.5 Å². The summed E-state index contributed by atoms with van der Waals surface area (Å²) in [5.74, 6) is 0.298. The van der Waals surface area contributed by atoms with E-state index in [1.807, 2.05) is 30.3 Å². The van der Waals surface area contributed by atoms with Crippen LogP contribution in [-0.4, -0.2) is 50.4 Å². The van der Waals surface area contributed by atoms with Gasteiger partial charge in [0.05, 0.1) is 11.5 Å². The van der Waals surface area contributed by atoms with Crippen LogP contribution in [0.15, 0.2) is 30.3 Å². The maximum absolute atomic E-state index is 12.0. The fourth-order valence-electron chi connectivity index (χ4n) is 2.48. The standard InChI is InChI=1S/C15H22N2O3S/c1-17(14-8-10-21(19,20)12-14)15(18)7-9-16-11-13-5-3-2-4-6-13/h2-6,14,16H,7-12H2,1H3. The molecular formula is C15H22N2O3S. The number of amides is 1. The van der Waals surface area contributed by atoms with E-state index < -0.39 is 9.84 Å². The summed E-state index contributed by atoms with van der Waals surface area (Å²) in [5, 5.41) is 3.23. The first-order chi connectivity index (χ1) is 9.98. The molecule has 0 bridgehead atoms. The molecule has 0 aromatic heterocycles. The van der Waals surface area contributed by atoms with Gasteiger partial charge in [0, 0.05) is 32.6 Å². The van der Waals surface area contributed by atoms with Crippen molar-refractivity contribution < 1.29 is 13.2 Å². The molecule has 2 rings (SSSR count). The Labute approximate surface area is 126 Å². The zero-order valence-corrected chi connectivity index (χ0v) is 13.1. The average molecular weight is 310 g/mol. The summed E-state index contributed by atoms with van der Waals surface area (Å²) in [6.07, 6.45) is 0.946. The first-order valence-electron chi connectivity index (χ1n) is 7.19. The zero-order valence-electron chi connectivity index (χ0n) is 12.3. The lowest BCUT2D eigenvalue weighted by Crippen LogP contribution is -2.39. The van der Waals surface area contributed by atoms with Gasteiger partial charge < -0.3 is 10.2 Å². The molecule has 1 aliphatic rings. The molecule has 1 fully saturated rings. The molecule has 5 nitrogen and oxygen atoms in total. The van der Waals surface area contributed by atoms with E-state index >= 15 is 0 Å². The van der Waals surface area contributed by atoms with Crippen LogP contribution in [0.1, 0.15) is 18.4 Å². The Kier molecular flexibility index (Phi) is 5.36. The maximum Gasteiger partial charge on any atom is 0.223 e. The number of hydrogen-bond acceptors (Lipinski definition) is 4. The van der Waals surface area contributed by atoms with Gasteiger partial charge in [0.1, 0.15) is 0 Å². The molecule has 1 amide bonds. The lowest BCUT2D eigenvalue weighted by molar-refractivity contribution is -0.131. The van der Waals surface area contributed by atoms with Gasteiger partial charge in [0.25, 0.3) is 0 Å². The van der Waals surface area contributed by atoms with Crippen molar-refractivity contribution in [3.8, 4) is 0 Å². The topological polar surface area (TPSA) is 66.5 Å². The van der Waals surface area contributed by atoms with E-state index in [0.29, 0.717) is 19.4 Å². The van der Waals surface area contributed by atoms with Crippen LogP contribution >= 0.6 is 0 Å². The molecule has 1 unspecified atom stereocenters. The van der Waals surface area contributed by atoms with Crippen LogP contribution in [0.3, 0.4) is 0 Å². The summed E-state index contributed by atoms with van der Waals surface area (Å²) < 4.78 is 22.9. The normalized spacial score (nSPS) is 20.3. The summed E-state index contributed by atoms with van der Waals surface area (Å²) in [4.78, 5) is 13.6. The molecule has 1 saturated heterocycles. The quantitative estimate of drug-likeness (QED) is 0.790. The molecule has 21 heavy (non-hydrogen) atoms. The largest absolute Gasteiger partial charge is 0.342 e. The van der Waals surface area contributed by atoms with Gasteiger partial charge in [0.2, 0.25) is 5.91 Å². The van der Waals surface area contributed by atoms with Crippen LogP contribution in [-0.2, 0) is 21.2 Å². The molecule has 1 aromatic carbocycles. The number of nitrogens with one attached hydrogen (secondary N) is 1. The van der Waals surface area contributed by atoms with Crippen LogP contribution < -0.4 is 5.32 Å². The number of carbonyl (C=O) groups is 1. The van der Waals surface area contributed by atoms with Crippen molar-refractivity contribution >= 4 is 15.7 Å². The number of nitrogens with zero attached hydrogens (tertiary/aromatic N) is 1. The van der Waals surface area contributed by atoms with Crippen molar-refractivity contribution in [2.75, 3.05) is 25.1 Å². The molecule has 1 N–H and O–H groups in total. The molecule has 116 valence electrons. The van der Waals surface area contributed by atoms with Crippen molar-refractivity contribution in [1.82, 2.24) is 10.2 Å². The SMILES string of the molecule is CN(C(=O)CCNCc1ccccc1)C1CCS(=O)(=O)C1. The minimum Gasteiger partial charge on any atom is -0.342 e. The fourth-order valence-corrected chi connectivity index (χ4v) is 4.26. The van der Waals surface area contributed by atoms with E-state index in [2.05, 4.69) is 5.32 Å². The Balaban J connectivity index is 1.70. The van der Waals surface area contributed by atoms with Gasteiger partial charge in [-0.05, 0) is 12.0 Å². The highest BCUT2D eigenvalue weighted by atomic mass is 32.2. The third-order valence-electron chi connectivity index (χ3n) is 3.84.